The number of amides is 1. The summed E-state index contributed by atoms with van der Waals surface area (Å²) in [5.41, 5.74) is -0.417. The quantitative estimate of drug-likeness (QED) is 0.907. The van der Waals surface area contributed by atoms with Crippen LogP contribution in [0.15, 0.2) is 16.7 Å². The van der Waals surface area contributed by atoms with Crippen LogP contribution in [0.2, 0.25) is 0 Å². The molecule has 0 saturated heterocycles. The standard InChI is InChI=1S/C12H16BrFN2O2/c1-7(16-11(17)18-12(2,3)4)10-9(14)5-8(13)6-15-10/h5-7H,1-4H3,(H,16,17)/t7-/m1/s1. The summed E-state index contributed by atoms with van der Waals surface area (Å²) >= 11 is 3.12. The predicted octanol–water partition coefficient (Wildman–Crippen LogP) is 3.57. The second kappa shape index (κ2) is 5.65. The van der Waals surface area contributed by atoms with Crippen LogP contribution in [0.1, 0.15) is 39.4 Å². The molecule has 0 aromatic carbocycles. The minimum absolute atomic E-state index is 0.170. The summed E-state index contributed by atoms with van der Waals surface area (Å²) in [6, 6.07) is 0.739. The molecule has 100 valence electrons. The number of rotatable bonds is 2. The molecular weight excluding hydrogens is 303 g/mol. The van der Waals surface area contributed by atoms with Gasteiger partial charge in [-0.3, -0.25) is 4.98 Å². The summed E-state index contributed by atoms with van der Waals surface area (Å²) in [7, 11) is 0. The van der Waals surface area contributed by atoms with Crippen molar-refractivity contribution in [2.24, 2.45) is 0 Å². The van der Waals surface area contributed by atoms with Crippen molar-refractivity contribution >= 4 is 22.0 Å². The van der Waals surface area contributed by atoms with Crippen LogP contribution in [0.4, 0.5) is 9.18 Å². The van der Waals surface area contributed by atoms with Gasteiger partial charge < -0.3 is 10.1 Å². The average Bonchev–Trinajstić information content (AvgIpc) is 2.13. The Hall–Kier alpha value is -1.17. The number of ether oxygens (including phenoxy) is 1. The Morgan fingerprint density at radius 3 is 2.67 bits per heavy atom. The van der Waals surface area contributed by atoms with E-state index in [-0.39, 0.29) is 5.69 Å². The minimum atomic E-state index is -0.598. The second-order valence-corrected chi connectivity index (χ2v) is 5.80. The van der Waals surface area contributed by atoms with E-state index in [0.717, 1.165) is 0 Å². The van der Waals surface area contributed by atoms with E-state index < -0.39 is 23.6 Å². The topological polar surface area (TPSA) is 51.2 Å². The molecule has 0 saturated carbocycles. The molecule has 0 radical (unpaired) electrons. The van der Waals surface area contributed by atoms with Crippen LogP contribution in [0, 0.1) is 5.82 Å². The Morgan fingerprint density at radius 1 is 1.56 bits per heavy atom. The molecule has 4 nitrogen and oxygen atoms in total. The van der Waals surface area contributed by atoms with E-state index in [2.05, 4.69) is 26.2 Å². The largest absolute Gasteiger partial charge is 0.444 e. The maximum absolute atomic E-state index is 13.6. The Kier molecular flexibility index (Phi) is 4.67. The van der Waals surface area contributed by atoms with Gasteiger partial charge in [-0.2, -0.15) is 0 Å². The van der Waals surface area contributed by atoms with Crippen LogP contribution in [0.5, 0.6) is 0 Å². The van der Waals surface area contributed by atoms with E-state index in [4.69, 9.17) is 4.74 Å². The third-order valence-electron chi connectivity index (χ3n) is 1.98. The highest BCUT2D eigenvalue weighted by molar-refractivity contribution is 9.10. The van der Waals surface area contributed by atoms with E-state index in [1.165, 1.54) is 12.3 Å². The molecule has 1 atom stereocenters. The lowest BCUT2D eigenvalue weighted by Gasteiger charge is -2.21. The molecule has 0 aliphatic carbocycles. The molecule has 1 N–H and O–H groups in total. The van der Waals surface area contributed by atoms with E-state index in [9.17, 15) is 9.18 Å². The summed E-state index contributed by atoms with van der Waals surface area (Å²) in [5.74, 6) is -0.479. The molecule has 1 aromatic rings. The van der Waals surface area contributed by atoms with Crippen molar-refractivity contribution in [1.82, 2.24) is 10.3 Å². The molecule has 1 heterocycles. The number of pyridine rings is 1. The van der Waals surface area contributed by atoms with Gasteiger partial charge in [-0.25, -0.2) is 9.18 Å². The van der Waals surface area contributed by atoms with Crippen molar-refractivity contribution < 1.29 is 13.9 Å². The lowest BCUT2D eigenvalue weighted by molar-refractivity contribution is 0.0506. The first-order chi connectivity index (χ1) is 8.19. The van der Waals surface area contributed by atoms with Gasteiger partial charge >= 0.3 is 6.09 Å². The number of nitrogens with one attached hydrogen (secondary N) is 1. The van der Waals surface area contributed by atoms with Gasteiger partial charge in [-0.1, -0.05) is 0 Å². The molecule has 6 heteroatoms. The van der Waals surface area contributed by atoms with Gasteiger partial charge in [0.25, 0.3) is 0 Å². The zero-order chi connectivity index (χ0) is 13.9. The van der Waals surface area contributed by atoms with Gasteiger partial charge in [-0.05, 0) is 49.7 Å². The number of nitrogens with zero attached hydrogens (tertiary/aromatic N) is 1. The van der Waals surface area contributed by atoms with Gasteiger partial charge in [0.1, 0.15) is 11.4 Å². The lowest BCUT2D eigenvalue weighted by atomic mass is 10.2. The Balaban J connectivity index is 2.71. The molecular formula is C12H16BrFN2O2. The third-order valence-corrected chi connectivity index (χ3v) is 2.41. The Bertz CT molecular complexity index is 446. The minimum Gasteiger partial charge on any atom is -0.444 e. The molecule has 0 aliphatic rings. The zero-order valence-electron chi connectivity index (χ0n) is 10.8. The number of carbonyl (C=O) groups is 1. The highest BCUT2D eigenvalue weighted by Gasteiger charge is 2.20. The molecule has 0 aliphatic heterocycles. The van der Waals surface area contributed by atoms with Crippen LogP contribution in [0.25, 0.3) is 0 Å². The first-order valence-corrected chi connectivity index (χ1v) is 6.29. The summed E-state index contributed by atoms with van der Waals surface area (Å²) < 4.78 is 19.2. The maximum Gasteiger partial charge on any atom is 0.408 e. The van der Waals surface area contributed by atoms with Crippen LogP contribution in [0.3, 0.4) is 0 Å². The highest BCUT2D eigenvalue weighted by atomic mass is 79.9. The maximum atomic E-state index is 13.6. The van der Waals surface area contributed by atoms with Crippen LogP contribution in [-0.4, -0.2) is 16.7 Å². The van der Waals surface area contributed by atoms with Crippen molar-refractivity contribution in [2.75, 3.05) is 0 Å². The van der Waals surface area contributed by atoms with Crippen molar-refractivity contribution in [2.45, 2.75) is 39.3 Å². The zero-order valence-corrected chi connectivity index (χ0v) is 12.3. The van der Waals surface area contributed by atoms with Crippen molar-refractivity contribution in [1.29, 1.82) is 0 Å². The SMILES string of the molecule is C[C@@H](NC(=O)OC(C)(C)C)c1ncc(Br)cc1F. The van der Waals surface area contributed by atoms with Crippen molar-refractivity contribution in [3.05, 3.63) is 28.2 Å². The number of hydrogen-bond donors (Lipinski definition) is 1. The molecule has 1 amide bonds. The Morgan fingerprint density at radius 2 is 2.17 bits per heavy atom. The van der Waals surface area contributed by atoms with Crippen LogP contribution >= 0.6 is 15.9 Å². The van der Waals surface area contributed by atoms with Gasteiger partial charge in [-0.15, -0.1) is 0 Å². The fraction of sp³-hybridized carbons (Fsp3) is 0.500. The van der Waals surface area contributed by atoms with Crippen molar-refractivity contribution in [3.63, 3.8) is 0 Å². The number of aromatic nitrogens is 1. The van der Waals surface area contributed by atoms with E-state index in [1.807, 2.05) is 0 Å². The molecule has 0 spiro atoms. The Labute approximate surface area is 114 Å². The van der Waals surface area contributed by atoms with Crippen molar-refractivity contribution in [3.8, 4) is 0 Å². The molecule has 1 rings (SSSR count). The van der Waals surface area contributed by atoms with E-state index in [0.29, 0.717) is 4.47 Å². The predicted molar refractivity (Wildman–Crippen MR) is 69.7 cm³/mol. The second-order valence-electron chi connectivity index (χ2n) is 4.89. The van der Waals surface area contributed by atoms with Crippen LogP contribution < -0.4 is 5.32 Å². The van der Waals surface area contributed by atoms with Gasteiger partial charge in [0.15, 0.2) is 0 Å². The van der Waals surface area contributed by atoms with Gasteiger partial charge in [0, 0.05) is 10.7 Å². The molecule has 0 fully saturated rings. The first kappa shape index (κ1) is 14.9. The summed E-state index contributed by atoms with van der Waals surface area (Å²) in [6.07, 6.45) is 0.880. The van der Waals surface area contributed by atoms with E-state index >= 15 is 0 Å². The summed E-state index contributed by atoms with van der Waals surface area (Å²) in [5, 5.41) is 2.53. The first-order valence-electron chi connectivity index (χ1n) is 5.49. The third kappa shape index (κ3) is 4.60. The molecule has 0 unspecified atom stereocenters. The fourth-order valence-electron chi connectivity index (χ4n) is 1.30. The molecule has 0 bridgehead atoms. The van der Waals surface area contributed by atoms with Gasteiger partial charge in [0.2, 0.25) is 0 Å². The molecule has 1 aromatic heterocycles. The number of carbonyl (C=O) groups excluding carboxylic acids is 1. The normalized spacial score (nSPS) is 13.0. The summed E-state index contributed by atoms with van der Waals surface area (Å²) in [4.78, 5) is 15.5. The highest BCUT2D eigenvalue weighted by Crippen LogP contribution is 2.18. The number of alkyl carbamates (subject to hydrolysis) is 1. The van der Waals surface area contributed by atoms with Crippen LogP contribution in [-0.2, 0) is 4.74 Å². The average molecular weight is 319 g/mol. The fourth-order valence-corrected chi connectivity index (χ4v) is 1.60. The number of halogens is 2. The lowest BCUT2D eigenvalue weighted by Crippen LogP contribution is -2.34. The summed E-state index contributed by atoms with van der Waals surface area (Å²) in [6.45, 7) is 6.92. The monoisotopic (exact) mass is 318 g/mol. The smallest absolute Gasteiger partial charge is 0.408 e. The molecule has 18 heavy (non-hydrogen) atoms. The number of hydrogen-bond acceptors (Lipinski definition) is 3. The van der Waals surface area contributed by atoms with E-state index in [1.54, 1.807) is 27.7 Å². The van der Waals surface area contributed by atoms with Gasteiger partial charge in [0.05, 0.1) is 11.7 Å².